The molecule has 0 aliphatic heterocycles. The first-order valence-corrected chi connectivity index (χ1v) is 18.1. The Labute approximate surface area is 249 Å². The van der Waals surface area contributed by atoms with E-state index in [1.54, 1.807) is 0 Å². The van der Waals surface area contributed by atoms with Gasteiger partial charge in [0.15, 0.2) is 0 Å². The smallest absolute Gasteiger partial charge is 0.0775 e. The number of pyridine rings is 1. The molecule has 0 radical (unpaired) electrons. The van der Waals surface area contributed by atoms with Crippen molar-refractivity contribution in [1.29, 1.82) is 0 Å². The number of rotatable bonds is 5. The van der Waals surface area contributed by atoms with Gasteiger partial charge in [0.25, 0.3) is 0 Å². The van der Waals surface area contributed by atoms with E-state index in [9.17, 15) is 0 Å². The Hall–Kier alpha value is -4.79. The molecule has 0 aliphatic rings. The molecular formula is C40H33NSi. The van der Waals surface area contributed by atoms with Gasteiger partial charge in [-0.2, -0.15) is 0 Å². The highest BCUT2D eigenvalue weighted by molar-refractivity contribution is 6.88. The maximum atomic E-state index is 4.64. The van der Waals surface area contributed by atoms with Crippen LogP contribution in [0.3, 0.4) is 0 Å². The lowest BCUT2D eigenvalue weighted by Gasteiger charge is -2.16. The molecule has 6 aromatic carbocycles. The molecule has 202 valence electrons. The first kappa shape index (κ1) is 26.1. The third kappa shape index (κ3) is 5.18. The summed E-state index contributed by atoms with van der Waals surface area (Å²) in [6, 6.07) is 50.9. The molecule has 0 fully saturated rings. The molecule has 0 bridgehead atoms. The number of nitrogens with zero attached hydrogens (tertiary/aromatic N) is 1. The lowest BCUT2D eigenvalue weighted by Crippen LogP contribution is -2.37. The quantitative estimate of drug-likeness (QED) is 0.193. The van der Waals surface area contributed by atoms with Crippen molar-refractivity contribution in [2.75, 3.05) is 0 Å². The van der Waals surface area contributed by atoms with Gasteiger partial charge < -0.3 is 0 Å². The normalized spacial score (nSPS) is 11.7. The van der Waals surface area contributed by atoms with Crippen LogP contribution in [0.1, 0.15) is 0 Å². The fourth-order valence-corrected chi connectivity index (χ4v) is 6.87. The second-order valence-corrected chi connectivity index (χ2v) is 17.3. The first-order chi connectivity index (χ1) is 20.4. The molecule has 1 nitrogen and oxygen atoms in total. The van der Waals surface area contributed by atoms with Crippen LogP contribution in [0.5, 0.6) is 0 Å². The highest BCUT2D eigenvalue weighted by atomic mass is 28.3. The van der Waals surface area contributed by atoms with E-state index in [-0.39, 0.29) is 0 Å². The van der Waals surface area contributed by atoms with Crippen molar-refractivity contribution < 1.29 is 0 Å². The van der Waals surface area contributed by atoms with Gasteiger partial charge in [-0.3, -0.25) is 4.98 Å². The number of hydrogen-bond donors (Lipinski definition) is 0. The molecule has 0 N–H and O–H groups in total. The molecule has 0 unspecified atom stereocenters. The summed E-state index contributed by atoms with van der Waals surface area (Å²) in [5.74, 6) is 0. The van der Waals surface area contributed by atoms with E-state index in [1.165, 1.54) is 54.9 Å². The Morgan fingerprint density at radius 2 is 0.810 bits per heavy atom. The van der Waals surface area contributed by atoms with Crippen LogP contribution in [0.25, 0.3) is 66.2 Å². The van der Waals surface area contributed by atoms with E-state index in [2.05, 4.69) is 158 Å². The van der Waals surface area contributed by atoms with Gasteiger partial charge in [-0.15, -0.1) is 0 Å². The average molecular weight is 556 g/mol. The topological polar surface area (TPSA) is 12.9 Å². The van der Waals surface area contributed by atoms with Crippen molar-refractivity contribution in [2.45, 2.75) is 19.6 Å². The molecule has 7 rings (SSSR count). The summed E-state index contributed by atoms with van der Waals surface area (Å²) in [5, 5.41) is 5.16. The highest BCUT2D eigenvalue weighted by Gasteiger charge is 2.15. The summed E-state index contributed by atoms with van der Waals surface area (Å²) in [6.45, 7) is 7.18. The van der Waals surface area contributed by atoms with Crippen LogP contribution in [-0.4, -0.2) is 13.1 Å². The van der Waals surface area contributed by atoms with Gasteiger partial charge in [0, 0.05) is 17.1 Å². The minimum Gasteiger partial charge on any atom is -0.256 e. The van der Waals surface area contributed by atoms with Crippen molar-refractivity contribution in [2.24, 2.45) is 0 Å². The summed E-state index contributed by atoms with van der Waals surface area (Å²) in [4.78, 5) is 4.64. The molecule has 1 aromatic heterocycles. The lowest BCUT2D eigenvalue weighted by atomic mass is 9.95. The van der Waals surface area contributed by atoms with Gasteiger partial charge in [0.05, 0.1) is 13.6 Å². The van der Waals surface area contributed by atoms with Crippen LogP contribution in [-0.2, 0) is 0 Å². The molecule has 1 heterocycles. The summed E-state index contributed by atoms with van der Waals surface area (Å²) in [5.41, 5.74) is 10.8. The van der Waals surface area contributed by atoms with Crippen LogP contribution in [0.15, 0.2) is 146 Å². The molecule has 7 aromatic rings. The van der Waals surface area contributed by atoms with Gasteiger partial charge in [-0.05, 0) is 74.0 Å². The second-order valence-electron chi connectivity index (χ2n) is 12.2. The van der Waals surface area contributed by atoms with Crippen molar-refractivity contribution in [1.82, 2.24) is 4.98 Å². The van der Waals surface area contributed by atoms with Crippen LogP contribution < -0.4 is 5.19 Å². The van der Waals surface area contributed by atoms with Gasteiger partial charge in [-0.25, -0.2) is 0 Å². The monoisotopic (exact) mass is 555 g/mol. The Bertz CT molecular complexity index is 2030. The Kier molecular flexibility index (Phi) is 6.57. The largest absolute Gasteiger partial charge is 0.256 e. The van der Waals surface area contributed by atoms with Crippen LogP contribution >= 0.6 is 0 Å². The fraction of sp³-hybridized carbons (Fsp3) is 0.0750. The predicted molar refractivity (Wildman–Crippen MR) is 184 cm³/mol. The van der Waals surface area contributed by atoms with Crippen LogP contribution in [0, 0.1) is 0 Å². The number of hydrogen-bond acceptors (Lipinski definition) is 1. The molecule has 0 aliphatic carbocycles. The van der Waals surface area contributed by atoms with Crippen molar-refractivity contribution in [3.05, 3.63) is 146 Å². The maximum absolute atomic E-state index is 4.64. The third-order valence-corrected chi connectivity index (χ3v) is 10.4. The van der Waals surface area contributed by atoms with Gasteiger partial charge >= 0.3 is 0 Å². The highest BCUT2D eigenvalue weighted by Crippen LogP contribution is 2.31. The zero-order chi connectivity index (χ0) is 28.7. The summed E-state index contributed by atoms with van der Waals surface area (Å²) in [6.07, 6.45) is 1.96. The number of benzene rings is 6. The molecule has 2 heteroatoms. The van der Waals surface area contributed by atoms with Crippen molar-refractivity contribution >= 4 is 34.9 Å². The van der Waals surface area contributed by atoms with E-state index in [0.717, 1.165) is 16.5 Å². The SMILES string of the molecule is C[Si](C)(C)c1ccc(-c2ccc(-c3ccc4ccc(-c5ccc(-c6cnc7ccccc7c6)cc5)cc4c3)cc2)cc1. The van der Waals surface area contributed by atoms with Crippen molar-refractivity contribution in [3.63, 3.8) is 0 Å². The Balaban J connectivity index is 1.14. The first-order valence-electron chi connectivity index (χ1n) is 14.6. The van der Waals surface area contributed by atoms with Crippen LogP contribution in [0.4, 0.5) is 0 Å². The zero-order valence-electron chi connectivity index (χ0n) is 24.3. The summed E-state index contributed by atoms with van der Waals surface area (Å²) >= 11 is 0. The molecule has 0 amide bonds. The Morgan fingerprint density at radius 1 is 0.381 bits per heavy atom. The van der Waals surface area contributed by atoms with E-state index < -0.39 is 8.07 Å². The zero-order valence-corrected chi connectivity index (χ0v) is 25.3. The van der Waals surface area contributed by atoms with Gasteiger partial charge in [0.2, 0.25) is 0 Å². The lowest BCUT2D eigenvalue weighted by molar-refractivity contribution is 1.41. The number of fused-ring (bicyclic) bond motifs is 2. The summed E-state index contributed by atoms with van der Waals surface area (Å²) in [7, 11) is -1.29. The summed E-state index contributed by atoms with van der Waals surface area (Å²) < 4.78 is 0. The minimum atomic E-state index is -1.29. The predicted octanol–water partition coefficient (Wildman–Crippen LogP) is 10.6. The van der Waals surface area contributed by atoms with Gasteiger partial charge in [0.1, 0.15) is 0 Å². The van der Waals surface area contributed by atoms with Crippen LogP contribution in [0.2, 0.25) is 19.6 Å². The van der Waals surface area contributed by atoms with E-state index >= 15 is 0 Å². The fourth-order valence-electron chi connectivity index (χ4n) is 5.71. The minimum absolute atomic E-state index is 1.02. The maximum Gasteiger partial charge on any atom is 0.0775 e. The molecular weight excluding hydrogens is 523 g/mol. The number of aromatic nitrogens is 1. The molecule has 0 spiro atoms. The van der Waals surface area contributed by atoms with Crippen molar-refractivity contribution in [3.8, 4) is 44.5 Å². The standard InChI is InChI=1S/C40H33NSi/c1-42(2,3)39-22-20-29(21-23-39)28-8-10-30(11-9-28)34-18-16-32-17-19-35(25-37(32)24-34)31-12-14-33(15-13-31)38-26-36-6-4-5-7-40(36)41-27-38/h4-27H,1-3H3. The average Bonchev–Trinajstić information content (AvgIpc) is 3.04. The second kappa shape index (κ2) is 10.6. The van der Waals surface area contributed by atoms with E-state index in [4.69, 9.17) is 0 Å². The van der Waals surface area contributed by atoms with E-state index in [0.29, 0.717) is 0 Å². The number of para-hydroxylation sites is 1. The molecule has 0 saturated heterocycles. The molecule has 0 atom stereocenters. The van der Waals surface area contributed by atoms with Gasteiger partial charge in [-0.1, -0.05) is 140 Å². The molecule has 42 heavy (non-hydrogen) atoms. The Morgan fingerprint density at radius 3 is 1.36 bits per heavy atom. The third-order valence-electron chi connectivity index (χ3n) is 8.28. The van der Waals surface area contributed by atoms with E-state index in [1.807, 2.05) is 12.3 Å². The molecule has 0 saturated carbocycles.